The Kier molecular flexibility index (Phi) is 3.30. The monoisotopic (exact) mass is 295 g/mol. The van der Waals surface area contributed by atoms with Gasteiger partial charge in [-0.05, 0) is 44.4 Å². The molecular formula is C17H21N5. The number of nitrogens with zero attached hydrogens (tertiary/aromatic N) is 5. The number of hydrogen-bond donors (Lipinski definition) is 0. The maximum absolute atomic E-state index is 4.71. The number of aryl methyl sites for hydroxylation is 1. The van der Waals surface area contributed by atoms with E-state index in [0.29, 0.717) is 0 Å². The van der Waals surface area contributed by atoms with Gasteiger partial charge in [-0.2, -0.15) is 0 Å². The van der Waals surface area contributed by atoms with Crippen LogP contribution < -0.4 is 0 Å². The quantitative estimate of drug-likeness (QED) is 0.729. The lowest BCUT2D eigenvalue weighted by Crippen LogP contribution is -2.34. The van der Waals surface area contributed by atoms with Crippen molar-refractivity contribution in [3.05, 3.63) is 35.9 Å². The first-order chi connectivity index (χ1) is 10.7. The van der Waals surface area contributed by atoms with Crippen LogP contribution in [0.15, 0.2) is 24.3 Å². The third-order valence-electron chi connectivity index (χ3n) is 4.59. The van der Waals surface area contributed by atoms with Crippen LogP contribution in [0.2, 0.25) is 0 Å². The summed E-state index contributed by atoms with van der Waals surface area (Å²) in [6, 6.07) is 8.14. The van der Waals surface area contributed by atoms with E-state index in [1.54, 1.807) is 0 Å². The van der Waals surface area contributed by atoms with Gasteiger partial charge in [-0.25, -0.2) is 4.98 Å². The molecule has 5 nitrogen and oxygen atoms in total. The fourth-order valence-electron chi connectivity index (χ4n) is 3.55. The van der Waals surface area contributed by atoms with Crippen LogP contribution in [0.4, 0.5) is 0 Å². The number of hydrogen-bond acceptors (Lipinski definition) is 4. The molecule has 0 amide bonds. The van der Waals surface area contributed by atoms with Crippen molar-refractivity contribution in [1.29, 1.82) is 0 Å². The van der Waals surface area contributed by atoms with Crippen molar-refractivity contribution in [2.24, 2.45) is 5.92 Å². The van der Waals surface area contributed by atoms with Gasteiger partial charge in [-0.15, -0.1) is 10.2 Å². The molecule has 4 rings (SSSR count). The zero-order valence-corrected chi connectivity index (χ0v) is 13.2. The fraction of sp³-hybridized carbons (Fsp3) is 0.471. The largest absolute Gasteiger partial charge is 0.296 e. The van der Waals surface area contributed by atoms with Gasteiger partial charge in [0.1, 0.15) is 5.82 Å². The van der Waals surface area contributed by atoms with Crippen molar-refractivity contribution in [1.82, 2.24) is 24.5 Å². The molecule has 0 radical (unpaired) electrons. The molecule has 1 atom stereocenters. The molecule has 1 saturated heterocycles. The second-order valence-electron chi connectivity index (χ2n) is 6.43. The molecule has 0 N–H and O–H groups in total. The van der Waals surface area contributed by atoms with E-state index in [-0.39, 0.29) is 0 Å². The molecule has 1 aromatic carbocycles. The molecule has 1 aliphatic heterocycles. The number of para-hydroxylation sites is 1. The van der Waals surface area contributed by atoms with Crippen molar-refractivity contribution in [2.45, 2.75) is 33.2 Å². The topological polar surface area (TPSA) is 46.3 Å². The Morgan fingerprint density at radius 1 is 1.23 bits per heavy atom. The lowest BCUT2D eigenvalue weighted by Gasteiger charge is -2.30. The second-order valence-corrected chi connectivity index (χ2v) is 6.43. The number of fused-ring (bicyclic) bond motifs is 3. The molecule has 1 fully saturated rings. The first-order valence-corrected chi connectivity index (χ1v) is 8.04. The molecule has 0 unspecified atom stereocenters. The highest BCUT2D eigenvalue weighted by Crippen LogP contribution is 2.21. The zero-order chi connectivity index (χ0) is 15.1. The van der Waals surface area contributed by atoms with E-state index in [1.807, 2.05) is 25.1 Å². The molecule has 22 heavy (non-hydrogen) atoms. The summed E-state index contributed by atoms with van der Waals surface area (Å²) >= 11 is 0. The average molecular weight is 295 g/mol. The lowest BCUT2D eigenvalue weighted by atomic mass is 10.0. The fourth-order valence-corrected chi connectivity index (χ4v) is 3.55. The minimum atomic E-state index is 0.771. The highest BCUT2D eigenvalue weighted by Gasteiger charge is 2.20. The molecule has 1 aliphatic rings. The summed E-state index contributed by atoms with van der Waals surface area (Å²) in [4.78, 5) is 7.19. The highest BCUT2D eigenvalue weighted by atomic mass is 15.3. The number of benzene rings is 1. The van der Waals surface area contributed by atoms with Crippen LogP contribution in [0.1, 0.15) is 31.4 Å². The first-order valence-electron chi connectivity index (χ1n) is 8.04. The highest BCUT2D eigenvalue weighted by molar-refractivity contribution is 5.91. The second kappa shape index (κ2) is 5.32. The Labute approximate surface area is 130 Å². The number of likely N-dealkylation sites (tertiary alicyclic amines) is 1. The Hall–Kier alpha value is -2.01. The maximum atomic E-state index is 4.71. The third kappa shape index (κ3) is 2.25. The van der Waals surface area contributed by atoms with Crippen molar-refractivity contribution in [3.63, 3.8) is 0 Å². The average Bonchev–Trinajstić information content (AvgIpc) is 2.92. The van der Waals surface area contributed by atoms with Crippen molar-refractivity contribution in [3.8, 4) is 0 Å². The van der Waals surface area contributed by atoms with E-state index in [2.05, 4.69) is 32.5 Å². The Morgan fingerprint density at radius 3 is 2.95 bits per heavy atom. The smallest absolute Gasteiger partial charge is 0.171 e. The van der Waals surface area contributed by atoms with Crippen LogP contribution >= 0.6 is 0 Å². The number of piperidine rings is 1. The van der Waals surface area contributed by atoms with Crippen molar-refractivity contribution >= 4 is 16.6 Å². The Balaban J connectivity index is 1.77. The minimum Gasteiger partial charge on any atom is -0.296 e. The summed E-state index contributed by atoms with van der Waals surface area (Å²) in [5.41, 5.74) is 1.90. The molecule has 0 bridgehead atoms. The van der Waals surface area contributed by atoms with Crippen molar-refractivity contribution < 1.29 is 0 Å². The van der Waals surface area contributed by atoms with Gasteiger partial charge in [0.2, 0.25) is 0 Å². The van der Waals surface area contributed by atoms with E-state index >= 15 is 0 Å². The van der Waals surface area contributed by atoms with Gasteiger partial charge in [0.25, 0.3) is 0 Å². The van der Waals surface area contributed by atoms with E-state index in [0.717, 1.165) is 53.8 Å². The van der Waals surface area contributed by atoms with Crippen molar-refractivity contribution in [2.75, 3.05) is 13.1 Å². The molecule has 2 aromatic heterocycles. The van der Waals surface area contributed by atoms with Crippen LogP contribution in [0.5, 0.6) is 0 Å². The number of aromatic nitrogens is 4. The lowest BCUT2D eigenvalue weighted by molar-refractivity contribution is 0.172. The van der Waals surface area contributed by atoms with Gasteiger partial charge in [0, 0.05) is 11.9 Å². The van der Waals surface area contributed by atoms with E-state index in [9.17, 15) is 0 Å². The van der Waals surface area contributed by atoms with Gasteiger partial charge in [-0.3, -0.25) is 9.30 Å². The van der Waals surface area contributed by atoms with Crippen LogP contribution in [-0.4, -0.2) is 37.6 Å². The molecule has 5 heteroatoms. The van der Waals surface area contributed by atoms with Gasteiger partial charge in [0.15, 0.2) is 11.5 Å². The summed E-state index contributed by atoms with van der Waals surface area (Å²) in [7, 11) is 0. The molecule has 0 saturated carbocycles. The molecule has 3 aromatic rings. The summed E-state index contributed by atoms with van der Waals surface area (Å²) in [5.74, 6) is 2.73. The standard InChI is InChI=1S/C17H21N5/c1-12-6-5-9-21(10-12)11-16-19-20-17-14-7-3-4-8-15(14)18-13(2)22(16)17/h3-4,7-8,12H,5-6,9-11H2,1-2H3/t12-/m0/s1. The summed E-state index contributed by atoms with van der Waals surface area (Å²) in [5, 5.41) is 9.96. The predicted octanol–water partition coefficient (Wildman–Crippen LogP) is 2.82. The first kappa shape index (κ1) is 13.6. The third-order valence-corrected chi connectivity index (χ3v) is 4.59. The van der Waals surface area contributed by atoms with Crippen LogP contribution in [0.3, 0.4) is 0 Å². The maximum Gasteiger partial charge on any atom is 0.171 e. The van der Waals surface area contributed by atoms with Gasteiger partial charge in [0.05, 0.1) is 12.1 Å². The van der Waals surface area contributed by atoms with E-state index in [1.165, 1.54) is 12.8 Å². The Bertz CT molecular complexity index is 822. The summed E-state index contributed by atoms with van der Waals surface area (Å²) < 4.78 is 2.11. The Morgan fingerprint density at radius 2 is 2.09 bits per heavy atom. The van der Waals surface area contributed by atoms with E-state index in [4.69, 9.17) is 4.98 Å². The van der Waals surface area contributed by atoms with E-state index < -0.39 is 0 Å². The molecule has 0 spiro atoms. The summed E-state index contributed by atoms with van der Waals surface area (Å²) in [6.07, 6.45) is 2.61. The van der Waals surface area contributed by atoms with Gasteiger partial charge in [-0.1, -0.05) is 19.1 Å². The van der Waals surface area contributed by atoms with Gasteiger partial charge >= 0.3 is 0 Å². The minimum absolute atomic E-state index is 0.771. The molecule has 0 aliphatic carbocycles. The van der Waals surface area contributed by atoms with Crippen LogP contribution in [0, 0.1) is 12.8 Å². The predicted molar refractivity (Wildman–Crippen MR) is 86.7 cm³/mol. The van der Waals surface area contributed by atoms with Gasteiger partial charge < -0.3 is 0 Å². The number of rotatable bonds is 2. The van der Waals surface area contributed by atoms with Crippen LogP contribution in [0.25, 0.3) is 16.6 Å². The normalized spacial score (nSPS) is 20.0. The molecule has 3 heterocycles. The molecule has 114 valence electrons. The zero-order valence-electron chi connectivity index (χ0n) is 13.2. The molecular weight excluding hydrogens is 274 g/mol. The van der Waals surface area contributed by atoms with Crippen LogP contribution in [-0.2, 0) is 6.54 Å². The SMILES string of the molecule is Cc1nc2ccccc2c2nnc(CN3CCC[C@H](C)C3)n12. The summed E-state index contributed by atoms with van der Waals surface area (Å²) in [6.45, 7) is 7.51.